The fraction of sp³-hybridized carbons (Fsp3) is 0.200. The predicted molar refractivity (Wildman–Crippen MR) is 67.2 cm³/mol. The van der Waals surface area contributed by atoms with Gasteiger partial charge in [0, 0.05) is 6.20 Å². The molecule has 0 spiro atoms. The standard InChI is InChI=1S/C10H11N7O2/c1-6-12-3-2-7(16-6)4-13-10-8(17(18)19)9(11)14-5-15-10/h2-3,5H,4H2,1H3,(H3,11,13,14,15). The van der Waals surface area contributed by atoms with Crippen LogP contribution in [0.2, 0.25) is 0 Å². The van der Waals surface area contributed by atoms with Crippen LogP contribution in [0.4, 0.5) is 17.3 Å². The molecule has 0 saturated carbocycles. The number of anilines is 2. The summed E-state index contributed by atoms with van der Waals surface area (Å²) in [6.07, 6.45) is 2.78. The Bertz CT molecular complexity index is 617. The molecule has 2 aromatic rings. The molecule has 0 aliphatic carbocycles. The average Bonchev–Trinajstić information content (AvgIpc) is 2.36. The molecule has 0 aromatic carbocycles. The first-order valence-electron chi connectivity index (χ1n) is 5.35. The summed E-state index contributed by atoms with van der Waals surface area (Å²) in [5.41, 5.74) is 5.81. The van der Waals surface area contributed by atoms with Crippen molar-refractivity contribution in [1.29, 1.82) is 0 Å². The highest BCUT2D eigenvalue weighted by Crippen LogP contribution is 2.26. The van der Waals surface area contributed by atoms with Crippen molar-refractivity contribution in [3.63, 3.8) is 0 Å². The maximum Gasteiger partial charge on any atom is 0.352 e. The molecule has 9 heteroatoms. The summed E-state index contributed by atoms with van der Waals surface area (Å²) in [4.78, 5) is 25.8. The molecule has 2 heterocycles. The van der Waals surface area contributed by atoms with Gasteiger partial charge < -0.3 is 11.1 Å². The lowest BCUT2D eigenvalue weighted by atomic mass is 10.3. The third kappa shape index (κ3) is 2.89. The van der Waals surface area contributed by atoms with Crippen molar-refractivity contribution in [3.05, 3.63) is 40.2 Å². The number of hydrogen-bond acceptors (Lipinski definition) is 8. The minimum Gasteiger partial charge on any atom is -0.378 e. The molecule has 3 N–H and O–H groups in total. The monoisotopic (exact) mass is 261 g/mol. The van der Waals surface area contributed by atoms with Crippen LogP contribution in [-0.2, 0) is 6.54 Å². The number of hydrogen-bond donors (Lipinski definition) is 2. The molecule has 19 heavy (non-hydrogen) atoms. The number of nitrogens with zero attached hydrogens (tertiary/aromatic N) is 5. The molecular formula is C10H11N7O2. The van der Waals surface area contributed by atoms with Gasteiger partial charge in [0.15, 0.2) is 0 Å². The zero-order chi connectivity index (χ0) is 13.8. The summed E-state index contributed by atoms with van der Waals surface area (Å²) < 4.78 is 0. The Morgan fingerprint density at radius 3 is 2.89 bits per heavy atom. The highest BCUT2D eigenvalue weighted by Gasteiger charge is 2.20. The highest BCUT2D eigenvalue weighted by molar-refractivity contribution is 5.67. The van der Waals surface area contributed by atoms with E-state index in [0.29, 0.717) is 11.5 Å². The Kier molecular flexibility index (Phi) is 3.46. The Morgan fingerprint density at radius 1 is 1.42 bits per heavy atom. The van der Waals surface area contributed by atoms with E-state index in [1.54, 1.807) is 19.2 Å². The Labute approximate surface area is 108 Å². The van der Waals surface area contributed by atoms with Crippen molar-refractivity contribution in [2.45, 2.75) is 13.5 Å². The third-order valence-electron chi connectivity index (χ3n) is 2.30. The van der Waals surface area contributed by atoms with Gasteiger partial charge in [-0.2, -0.15) is 0 Å². The molecule has 0 aliphatic heterocycles. The number of nitro groups is 1. The maximum atomic E-state index is 10.9. The van der Waals surface area contributed by atoms with Crippen LogP contribution in [0.1, 0.15) is 11.5 Å². The van der Waals surface area contributed by atoms with Gasteiger partial charge in [0.05, 0.1) is 17.2 Å². The first-order chi connectivity index (χ1) is 9.08. The minimum atomic E-state index is -0.622. The van der Waals surface area contributed by atoms with E-state index in [2.05, 4.69) is 25.3 Å². The summed E-state index contributed by atoms with van der Waals surface area (Å²) in [7, 11) is 0. The van der Waals surface area contributed by atoms with Crippen LogP contribution < -0.4 is 11.1 Å². The summed E-state index contributed by atoms with van der Waals surface area (Å²) >= 11 is 0. The molecule has 0 unspecified atom stereocenters. The van der Waals surface area contributed by atoms with Crippen LogP contribution in [0.25, 0.3) is 0 Å². The van der Waals surface area contributed by atoms with E-state index >= 15 is 0 Å². The number of aryl methyl sites for hydroxylation is 1. The lowest BCUT2D eigenvalue weighted by Gasteiger charge is -2.06. The maximum absolute atomic E-state index is 10.9. The second kappa shape index (κ2) is 5.21. The lowest BCUT2D eigenvalue weighted by Crippen LogP contribution is -2.09. The summed E-state index contributed by atoms with van der Waals surface area (Å²) in [5, 5.41) is 13.7. The topological polar surface area (TPSA) is 133 Å². The van der Waals surface area contributed by atoms with Gasteiger partial charge in [0.2, 0.25) is 11.6 Å². The minimum absolute atomic E-state index is 0.0637. The first kappa shape index (κ1) is 12.6. The summed E-state index contributed by atoms with van der Waals surface area (Å²) in [5.74, 6) is 0.506. The molecule has 0 aliphatic rings. The fourth-order valence-corrected chi connectivity index (χ4v) is 1.48. The van der Waals surface area contributed by atoms with Gasteiger partial charge in [-0.1, -0.05) is 0 Å². The van der Waals surface area contributed by atoms with Gasteiger partial charge in [0.25, 0.3) is 0 Å². The molecule has 2 aromatic heterocycles. The van der Waals surface area contributed by atoms with E-state index in [9.17, 15) is 10.1 Å². The van der Waals surface area contributed by atoms with E-state index in [1.807, 2.05) is 0 Å². The van der Waals surface area contributed by atoms with Gasteiger partial charge in [0.1, 0.15) is 12.2 Å². The van der Waals surface area contributed by atoms with Crippen LogP contribution in [0.5, 0.6) is 0 Å². The lowest BCUT2D eigenvalue weighted by molar-refractivity contribution is -0.383. The summed E-state index contributed by atoms with van der Waals surface area (Å²) in [6.45, 7) is 2.04. The molecule has 0 atom stereocenters. The fourth-order valence-electron chi connectivity index (χ4n) is 1.48. The Hall–Kier alpha value is -2.84. The molecule has 0 radical (unpaired) electrons. The normalized spacial score (nSPS) is 10.2. The van der Waals surface area contributed by atoms with Gasteiger partial charge in [-0.15, -0.1) is 0 Å². The first-order valence-corrected chi connectivity index (χ1v) is 5.35. The molecule has 98 valence electrons. The van der Waals surface area contributed by atoms with Crippen molar-refractivity contribution in [2.24, 2.45) is 0 Å². The van der Waals surface area contributed by atoms with Gasteiger partial charge >= 0.3 is 5.69 Å². The van der Waals surface area contributed by atoms with E-state index in [1.165, 1.54) is 0 Å². The van der Waals surface area contributed by atoms with Crippen LogP contribution in [0.3, 0.4) is 0 Å². The second-order valence-corrected chi connectivity index (χ2v) is 3.66. The molecular weight excluding hydrogens is 250 g/mol. The number of nitrogen functional groups attached to an aromatic ring is 1. The molecule has 0 saturated heterocycles. The van der Waals surface area contributed by atoms with E-state index in [4.69, 9.17) is 5.73 Å². The van der Waals surface area contributed by atoms with Crippen molar-refractivity contribution in [3.8, 4) is 0 Å². The number of aromatic nitrogens is 4. The molecule has 2 rings (SSSR count). The van der Waals surface area contributed by atoms with Crippen LogP contribution in [0.15, 0.2) is 18.6 Å². The van der Waals surface area contributed by atoms with Gasteiger partial charge in [-0.05, 0) is 13.0 Å². The second-order valence-electron chi connectivity index (χ2n) is 3.66. The quantitative estimate of drug-likeness (QED) is 0.606. The predicted octanol–water partition coefficient (Wildman–Crippen LogP) is 0.678. The summed E-state index contributed by atoms with van der Waals surface area (Å²) in [6, 6.07) is 1.70. The largest absolute Gasteiger partial charge is 0.378 e. The number of nitrogens with two attached hydrogens (primary N) is 1. The number of rotatable bonds is 4. The van der Waals surface area contributed by atoms with Gasteiger partial charge in [-0.3, -0.25) is 10.1 Å². The SMILES string of the molecule is Cc1nccc(CNc2ncnc(N)c2[N+](=O)[O-])n1. The van der Waals surface area contributed by atoms with E-state index < -0.39 is 4.92 Å². The van der Waals surface area contributed by atoms with E-state index in [0.717, 1.165) is 6.33 Å². The van der Waals surface area contributed by atoms with Crippen LogP contribution in [0, 0.1) is 17.0 Å². The number of nitrogens with one attached hydrogen (secondary N) is 1. The Morgan fingerprint density at radius 2 is 2.21 bits per heavy atom. The zero-order valence-electron chi connectivity index (χ0n) is 10.1. The highest BCUT2D eigenvalue weighted by atomic mass is 16.6. The van der Waals surface area contributed by atoms with Crippen molar-refractivity contribution < 1.29 is 4.92 Å². The van der Waals surface area contributed by atoms with Crippen molar-refractivity contribution >= 4 is 17.3 Å². The van der Waals surface area contributed by atoms with Crippen LogP contribution in [-0.4, -0.2) is 24.9 Å². The molecule has 0 amide bonds. The Balaban J connectivity index is 2.20. The zero-order valence-corrected chi connectivity index (χ0v) is 10.1. The van der Waals surface area contributed by atoms with Crippen LogP contribution >= 0.6 is 0 Å². The van der Waals surface area contributed by atoms with Crippen molar-refractivity contribution in [1.82, 2.24) is 19.9 Å². The smallest absolute Gasteiger partial charge is 0.352 e. The van der Waals surface area contributed by atoms with Gasteiger partial charge in [-0.25, -0.2) is 19.9 Å². The molecule has 0 bridgehead atoms. The molecule has 9 nitrogen and oxygen atoms in total. The van der Waals surface area contributed by atoms with Crippen molar-refractivity contribution in [2.75, 3.05) is 11.1 Å². The van der Waals surface area contributed by atoms with E-state index in [-0.39, 0.29) is 23.9 Å². The third-order valence-corrected chi connectivity index (χ3v) is 2.30. The molecule has 0 fully saturated rings. The average molecular weight is 261 g/mol.